The van der Waals surface area contributed by atoms with Crippen LogP contribution in [0.1, 0.15) is 43.0 Å². The third kappa shape index (κ3) is 8.10. The number of benzene rings is 2. The Labute approximate surface area is 216 Å². The summed E-state index contributed by atoms with van der Waals surface area (Å²) in [6.45, 7) is 6.30. The molecule has 3 N–H and O–H groups in total. The van der Waals surface area contributed by atoms with Gasteiger partial charge in [-0.25, -0.2) is 18.5 Å². The van der Waals surface area contributed by atoms with E-state index in [1.807, 2.05) is 18.2 Å². The molecule has 0 fully saturated rings. The van der Waals surface area contributed by atoms with E-state index < -0.39 is 27.7 Å². The number of nitrogens with one attached hydrogen (secondary N) is 3. The zero-order chi connectivity index (χ0) is 26.0. The average Bonchev–Trinajstić information content (AvgIpc) is 3.14. The molecule has 0 saturated heterocycles. The highest BCUT2D eigenvalue weighted by Crippen LogP contribution is 2.27. The van der Waals surface area contributed by atoms with Gasteiger partial charge in [0.05, 0.1) is 0 Å². The first-order valence-electron chi connectivity index (χ1n) is 11.0. The van der Waals surface area contributed by atoms with Crippen LogP contribution >= 0.6 is 23.2 Å². The van der Waals surface area contributed by atoms with Gasteiger partial charge in [-0.05, 0) is 55.2 Å². The van der Waals surface area contributed by atoms with Crippen LogP contribution in [-0.4, -0.2) is 39.0 Å². The van der Waals surface area contributed by atoms with Crippen LogP contribution in [0.2, 0.25) is 10.0 Å². The summed E-state index contributed by atoms with van der Waals surface area (Å²) in [6, 6.07) is 9.87. The maximum atomic E-state index is 13.6. The van der Waals surface area contributed by atoms with Gasteiger partial charge in [0.15, 0.2) is 0 Å². The summed E-state index contributed by atoms with van der Waals surface area (Å²) in [5.41, 5.74) is 2.78. The molecule has 1 heterocycles. The molecule has 190 valence electrons. The Morgan fingerprint density at radius 2 is 1.83 bits per heavy atom. The minimum atomic E-state index is -2.82. The standard InChI is InChI=1S/C24H30Cl2N4O4S/c1-24(2,3)34-23(32)29-21(10-16-7-8-19(25)11-20(16)26)22(31)30-13-17-6-5-15(9-18(17)14-30)12-28-35(4,27)33/h5-9,11,21H,10,12-14H2,1-4H3,(H,29,32)(H2,27,28,33)/t21-,35?/m1/s1. The van der Waals surface area contributed by atoms with Gasteiger partial charge in [-0.15, -0.1) is 0 Å². The fourth-order valence-corrected chi connectivity index (χ4v) is 4.64. The van der Waals surface area contributed by atoms with Crippen LogP contribution in [0.15, 0.2) is 36.4 Å². The molecule has 1 aliphatic heterocycles. The molecule has 0 bridgehead atoms. The van der Waals surface area contributed by atoms with E-state index in [0.717, 1.165) is 16.7 Å². The minimum Gasteiger partial charge on any atom is -0.444 e. The summed E-state index contributed by atoms with van der Waals surface area (Å²) in [5.74, 6) is -0.263. The van der Waals surface area contributed by atoms with Crippen molar-refractivity contribution in [2.24, 2.45) is 0 Å². The highest BCUT2D eigenvalue weighted by atomic mass is 35.5. The SMILES string of the molecule is CC(C)(C)OC(=O)N[C@H](Cc1ccc(Cl)cc1Cl)C(=O)N1Cc2ccc(CNS(C)(=N)=O)cc2C1. The van der Waals surface area contributed by atoms with E-state index in [9.17, 15) is 13.8 Å². The second-order valence-corrected chi connectivity index (χ2v) is 12.4. The molecule has 0 saturated carbocycles. The molecule has 1 aliphatic rings. The van der Waals surface area contributed by atoms with Crippen LogP contribution in [0, 0.1) is 4.78 Å². The summed E-state index contributed by atoms with van der Waals surface area (Å²) >= 11 is 12.3. The molecular formula is C24H30Cl2N4O4S. The number of hydrogen-bond acceptors (Lipinski definition) is 5. The number of carbonyl (C=O) groups excluding carboxylic acids is 2. The minimum absolute atomic E-state index is 0.171. The van der Waals surface area contributed by atoms with Crippen LogP contribution in [0.3, 0.4) is 0 Å². The highest BCUT2D eigenvalue weighted by Gasteiger charge is 2.32. The monoisotopic (exact) mass is 540 g/mol. The third-order valence-corrected chi connectivity index (χ3v) is 6.57. The smallest absolute Gasteiger partial charge is 0.408 e. The van der Waals surface area contributed by atoms with Crippen molar-refractivity contribution in [3.8, 4) is 0 Å². The lowest BCUT2D eigenvalue weighted by Crippen LogP contribution is -2.49. The fraction of sp³-hybridized carbons (Fsp3) is 0.417. The zero-order valence-corrected chi connectivity index (χ0v) is 22.4. The van der Waals surface area contributed by atoms with E-state index in [1.54, 1.807) is 43.9 Å². The van der Waals surface area contributed by atoms with Crippen LogP contribution < -0.4 is 10.0 Å². The average molecular weight is 542 g/mol. The molecule has 0 radical (unpaired) electrons. The van der Waals surface area contributed by atoms with E-state index in [1.165, 1.54) is 6.26 Å². The van der Waals surface area contributed by atoms with Gasteiger partial charge in [-0.3, -0.25) is 4.79 Å². The lowest BCUT2D eigenvalue weighted by Gasteiger charge is -2.26. The predicted molar refractivity (Wildman–Crippen MR) is 138 cm³/mol. The van der Waals surface area contributed by atoms with Crippen molar-refractivity contribution < 1.29 is 18.5 Å². The number of amides is 2. The summed E-state index contributed by atoms with van der Waals surface area (Å²) in [6.07, 6.45) is 0.806. The van der Waals surface area contributed by atoms with Crippen molar-refractivity contribution in [2.45, 2.75) is 58.5 Å². The van der Waals surface area contributed by atoms with Gasteiger partial charge in [0, 0.05) is 42.4 Å². The Morgan fingerprint density at radius 1 is 1.14 bits per heavy atom. The lowest BCUT2D eigenvalue weighted by atomic mass is 10.0. The maximum absolute atomic E-state index is 13.6. The van der Waals surface area contributed by atoms with E-state index in [2.05, 4.69) is 10.0 Å². The summed E-state index contributed by atoms with van der Waals surface area (Å²) in [7, 11) is -2.82. The molecule has 2 aromatic carbocycles. The molecule has 35 heavy (non-hydrogen) atoms. The van der Waals surface area contributed by atoms with Crippen LogP contribution in [0.4, 0.5) is 4.79 Å². The maximum Gasteiger partial charge on any atom is 0.408 e. The van der Waals surface area contributed by atoms with Gasteiger partial charge in [0.2, 0.25) is 5.91 Å². The summed E-state index contributed by atoms with van der Waals surface area (Å²) < 4.78 is 27.2. The number of hydrogen-bond donors (Lipinski definition) is 3. The Kier molecular flexibility index (Phi) is 8.36. The Balaban J connectivity index is 1.78. The number of alkyl carbamates (subject to hydrolysis) is 1. The van der Waals surface area contributed by atoms with Crippen molar-refractivity contribution in [3.05, 3.63) is 68.7 Å². The first-order chi connectivity index (χ1) is 16.2. The first kappa shape index (κ1) is 27.3. The molecule has 11 heteroatoms. The van der Waals surface area contributed by atoms with Gasteiger partial charge in [-0.1, -0.05) is 47.5 Å². The number of nitrogens with zero attached hydrogens (tertiary/aromatic N) is 1. The second-order valence-electron chi connectivity index (χ2n) is 9.60. The van der Waals surface area contributed by atoms with E-state index in [0.29, 0.717) is 28.7 Å². The molecule has 2 atom stereocenters. The van der Waals surface area contributed by atoms with Crippen molar-refractivity contribution >= 4 is 45.1 Å². The van der Waals surface area contributed by atoms with Crippen molar-refractivity contribution in [1.82, 2.24) is 14.9 Å². The van der Waals surface area contributed by atoms with Crippen LogP contribution in [0.5, 0.6) is 0 Å². The topological polar surface area (TPSA) is 112 Å². The third-order valence-electron chi connectivity index (χ3n) is 5.28. The number of halogens is 2. The fourth-order valence-electron chi connectivity index (χ4n) is 3.71. The van der Waals surface area contributed by atoms with E-state index >= 15 is 0 Å². The molecule has 0 aliphatic carbocycles. The number of fused-ring (bicyclic) bond motifs is 1. The second kappa shape index (κ2) is 10.7. The number of carbonyl (C=O) groups is 2. The molecule has 0 aromatic heterocycles. The molecule has 8 nitrogen and oxygen atoms in total. The lowest BCUT2D eigenvalue weighted by molar-refractivity contribution is -0.134. The van der Waals surface area contributed by atoms with Crippen molar-refractivity contribution in [2.75, 3.05) is 6.26 Å². The Morgan fingerprint density at radius 3 is 2.46 bits per heavy atom. The molecule has 0 spiro atoms. The Bertz CT molecular complexity index is 1230. The quantitative estimate of drug-likeness (QED) is 0.474. The number of ether oxygens (including phenoxy) is 1. The largest absolute Gasteiger partial charge is 0.444 e. The van der Waals surface area contributed by atoms with Gasteiger partial charge in [0.1, 0.15) is 21.6 Å². The first-order valence-corrected chi connectivity index (χ1v) is 13.7. The van der Waals surface area contributed by atoms with E-state index in [-0.39, 0.29) is 18.9 Å². The van der Waals surface area contributed by atoms with Gasteiger partial charge in [0.25, 0.3) is 0 Å². The molecule has 1 unspecified atom stereocenters. The van der Waals surface area contributed by atoms with Gasteiger partial charge < -0.3 is 15.0 Å². The number of rotatable bonds is 7. The molecule has 2 aromatic rings. The van der Waals surface area contributed by atoms with Crippen molar-refractivity contribution in [3.63, 3.8) is 0 Å². The Hall–Kier alpha value is -2.33. The van der Waals surface area contributed by atoms with Gasteiger partial charge in [-0.2, -0.15) is 0 Å². The molecular weight excluding hydrogens is 511 g/mol. The van der Waals surface area contributed by atoms with Crippen LogP contribution in [-0.2, 0) is 45.5 Å². The highest BCUT2D eigenvalue weighted by molar-refractivity contribution is 7.89. The van der Waals surface area contributed by atoms with E-state index in [4.69, 9.17) is 32.7 Å². The van der Waals surface area contributed by atoms with Crippen LogP contribution in [0.25, 0.3) is 0 Å². The zero-order valence-electron chi connectivity index (χ0n) is 20.1. The summed E-state index contributed by atoms with van der Waals surface area (Å²) in [5, 5.41) is 3.59. The summed E-state index contributed by atoms with van der Waals surface area (Å²) in [4.78, 5) is 27.7. The van der Waals surface area contributed by atoms with Crippen molar-refractivity contribution in [1.29, 1.82) is 4.78 Å². The molecule has 3 rings (SSSR count). The normalized spacial score (nSPS) is 15.8. The predicted octanol–water partition coefficient (Wildman–Crippen LogP) is 4.65. The van der Waals surface area contributed by atoms with Gasteiger partial charge >= 0.3 is 6.09 Å². The molecule has 2 amide bonds.